The van der Waals surface area contributed by atoms with E-state index in [9.17, 15) is 14.4 Å². The van der Waals surface area contributed by atoms with Crippen molar-refractivity contribution in [2.24, 2.45) is 0 Å². The van der Waals surface area contributed by atoms with Gasteiger partial charge in [0.2, 0.25) is 0 Å². The first-order valence-corrected chi connectivity index (χ1v) is 13.4. The highest BCUT2D eigenvalue weighted by Crippen LogP contribution is 2.27. The summed E-state index contributed by atoms with van der Waals surface area (Å²) in [6, 6.07) is 23.8. The Morgan fingerprint density at radius 1 is 0.947 bits per heavy atom. The van der Waals surface area contributed by atoms with Crippen molar-refractivity contribution < 1.29 is 9.59 Å². The molecule has 1 N–H and O–H groups in total. The average molecular weight is 594 g/mol. The van der Waals surface area contributed by atoms with Crippen molar-refractivity contribution in [2.75, 3.05) is 6.54 Å². The van der Waals surface area contributed by atoms with Crippen molar-refractivity contribution in [3.63, 3.8) is 0 Å². The number of nitrogens with zero attached hydrogens (tertiary/aromatic N) is 3. The number of halogens is 2. The van der Waals surface area contributed by atoms with Crippen LogP contribution in [0.1, 0.15) is 46.0 Å². The highest BCUT2D eigenvalue weighted by Gasteiger charge is 2.34. The minimum Gasteiger partial charge on any atom is -0.342 e. The van der Waals surface area contributed by atoms with Crippen molar-refractivity contribution in [1.82, 2.24) is 19.4 Å². The minimum atomic E-state index is -0.705. The molecule has 3 aromatic carbocycles. The van der Waals surface area contributed by atoms with Crippen molar-refractivity contribution in [3.8, 4) is 5.69 Å². The van der Waals surface area contributed by atoms with Gasteiger partial charge < -0.3 is 10.2 Å². The summed E-state index contributed by atoms with van der Waals surface area (Å²) in [6.45, 7) is 4.54. The molecule has 1 aliphatic heterocycles. The van der Waals surface area contributed by atoms with E-state index in [1.54, 1.807) is 39.8 Å². The van der Waals surface area contributed by atoms with Crippen LogP contribution >= 0.6 is 27.5 Å². The van der Waals surface area contributed by atoms with E-state index in [1.807, 2.05) is 62.4 Å². The lowest BCUT2D eigenvalue weighted by Crippen LogP contribution is -2.43. The molecule has 7 nitrogen and oxygen atoms in total. The topological polar surface area (TPSA) is 76.3 Å². The first-order chi connectivity index (χ1) is 18.2. The lowest BCUT2D eigenvalue weighted by molar-refractivity contribution is 0.0705. The summed E-state index contributed by atoms with van der Waals surface area (Å²) in [5.41, 5.74) is 1.64. The molecule has 2 amide bonds. The lowest BCUT2D eigenvalue weighted by atomic mass is 9.94. The lowest BCUT2D eigenvalue weighted by Gasteiger charge is -2.30. The normalized spacial score (nSPS) is 13.2. The number of benzene rings is 3. The second-order valence-electron chi connectivity index (χ2n) is 9.70. The van der Waals surface area contributed by atoms with Crippen molar-refractivity contribution in [3.05, 3.63) is 121 Å². The highest BCUT2D eigenvalue weighted by atomic mass is 79.9. The summed E-state index contributed by atoms with van der Waals surface area (Å²) >= 11 is 9.58. The molecule has 0 unspecified atom stereocenters. The van der Waals surface area contributed by atoms with Crippen LogP contribution in [0, 0.1) is 0 Å². The molecule has 0 bridgehead atoms. The fourth-order valence-electron chi connectivity index (χ4n) is 4.76. The SMILES string of the molecule is CC(C)(NC(=O)c1c2n(c(=O)n1-c1ccccc1)CCN(C(=O)c1ccc(Br)c(Cl)c1)C2)c1ccccc1. The number of carbonyl (C=O) groups is 2. The third-order valence-electron chi connectivity index (χ3n) is 6.78. The number of hydrogen-bond donors (Lipinski definition) is 1. The predicted octanol–water partition coefficient (Wildman–Crippen LogP) is 5.38. The van der Waals surface area contributed by atoms with Crippen LogP contribution in [0.2, 0.25) is 5.02 Å². The number of nitrogens with one attached hydrogen (secondary N) is 1. The van der Waals surface area contributed by atoms with Crippen LogP contribution in [0.4, 0.5) is 0 Å². The molecular weight excluding hydrogens is 568 g/mol. The van der Waals surface area contributed by atoms with Gasteiger partial charge in [0.1, 0.15) is 5.69 Å². The number of fused-ring (bicyclic) bond motifs is 1. The monoisotopic (exact) mass is 592 g/mol. The molecule has 0 saturated carbocycles. The van der Waals surface area contributed by atoms with Crippen LogP contribution in [0.3, 0.4) is 0 Å². The van der Waals surface area contributed by atoms with E-state index in [2.05, 4.69) is 21.2 Å². The van der Waals surface area contributed by atoms with E-state index >= 15 is 0 Å². The Hall–Kier alpha value is -3.62. The zero-order chi connectivity index (χ0) is 27.0. The van der Waals surface area contributed by atoms with Crippen LogP contribution in [0.25, 0.3) is 5.69 Å². The zero-order valence-electron chi connectivity index (χ0n) is 20.9. The predicted molar refractivity (Wildman–Crippen MR) is 151 cm³/mol. The molecule has 38 heavy (non-hydrogen) atoms. The molecule has 0 saturated heterocycles. The molecule has 0 radical (unpaired) electrons. The fourth-order valence-corrected chi connectivity index (χ4v) is 5.19. The van der Waals surface area contributed by atoms with Crippen molar-refractivity contribution in [1.29, 1.82) is 0 Å². The van der Waals surface area contributed by atoms with Gasteiger partial charge in [0.05, 0.1) is 28.5 Å². The number of amides is 2. The van der Waals surface area contributed by atoms with Crippen LogP contribution in [-0.4, -0.2) is 32.4 Å². The molecule has 0 atom stereocenters. The Morgan fingerprint density at radius 3 is 2.26 bits per heavy atom. The van der Waals surface area contributed by atoms with Gasteiger partial charge in [-0.15, -0.1) is 0 Å². The van der Waals surface area contributed by atoms with Crippen LogP contribution < -0.4 is 11.0 Å². The number of aromatic nitrogens is 2. The molecule has 194 valence electrons. The van der Waals surface area contributed by atoms with E-state index in [0.717, 1.165) is 5.56 Å². The maximum Gasteiger partial charge on any atom is 0.333 e. The first kappa shape index (κ1) is 26.0. The summed E-state index contributed by atoms with van der Waals surface area (Å²) in [7, 11) is 0. The molecule has 1 aliphatic rings. The molecule has 0 spiro atoms. The first-order valence-electron chi connectivity index (χ1n) is 12.2. The van der Waals surface area contributed by atoms with Gasteiger partial charge in [-0.25, -0.2) is 4.79 Å². The van der Waals surface area contributed by atoms with Gasteiger partial charge in [-0.1, -0.05) is 60.1 Å². The summed E-state index contributed by atoms with van der Waals surface area (Å²) in [5, 5.41) is 3.55. The van der Waals surface area contributed by atoms with Gasteiger partial charge in [0.25, 0.3) is 11.8 Å². The van der Waals surface area contributed by atoms with Gasteiger partial charge in [-0.05, 0) is 65.7 Å². The molecule has 2 heterocycles. The molecule has 4 aromatic rings. The van der Waals surface area contributed by atoms with Crippen molar-refractivity contribution in [2.45, 2.75) is 32.5 Å². The molecule has 1 aromatic heterocycles. The number of hydrogen-bond acceptors (Lipinski definition) is 3. The largest absolute Gasteiger partial charge is 0.342 e. The van der Waals surface area contributed by atoms with E-state index in [0.29, 0.717) is 33.0 Å². The van der Waals surface area contributed by atoms with E-state index < -0.39 is 11.4 Å². The highest BCUT2D eigenvalue weighted by molar-refractivity contribution is 9.10. The second kappa shape index (κ2) is 10.3. The molecule has 0 aliphatic carbocycles. The Bertz CT molecular complexity index is 1580. The number of para-hydroxylation sites is 1. The maximum absolute atomic E-state index is 13.9. The van der Waals surface area contributed by atoms with Gasteiger partial charge in [-0.2, -0.15) is 0 Å². The van der Waals surface area contributed by atoms with E-state index in [1.165, 1.54) is 4.57 Å². The van der Waals surface area contributed by atoms with E-state index in [-0.39, 0.29) is 30.4 Å². The standard InChI is InChI=1S/C29H26BrClN4O3/c1-29(2,20-9-5-3-6-10-20)32-26(36)25-24-18-33(27(37)19-13-14-22(30)23(31)17-19)15-16-34(24)28(38)35(25)21-11-7-4-8-12-21/h3-14,17H,15-16,18H2,1-2H3,(H,32,36). The summed E-state index contributed by atoms with van der Waals surface area (Å²) < 4.78 is 3.73. The third-order valence-corrected chi connectivity index (χ3v) is 8.02. The summed E-state index contributed by atoms with van der Waals surface area (Å²) in [5.74, 6) is -0.615. The van der Waals surface area contributed by atoms with Crippen LogP contribution in [-0.2, 0) is 18.6 Å². The Labute approximate surface area is 233 Å². The second-order valence-corrected chi connectivity index (χ2v) is 11.0. The molecule has 5 rings (SSSR count). The Morgan fingerprint density at radius 2 is 1.61 bits per heavy atom. The van der Waals surface area contributed by atoms with Crippen LogP contribution in [0.15, 0.2) is 88.1 Å². The Kier molecular flexibility index (Phi) is 7.03. The summed E-state index contributed by atoms with van der Waals surface area (Å²) in [4.78, 5) is 42.6. The fraction of sp³-hybridized carbons (Fsp3) is 0.207. The third kappa shape index (κ3) is 4.81. The number of carbonyl (C=O) groups excluding carboxylic acids is 2. The zero-order valence-corrected chi connectivity index (χ0v) is 23.3. The van der Waals surface area contributed by atoms with Gasteiger partial charge in [0.15, 0.2) is 0 Å². The van der Waals surface area contributed by atoms with Crippen LogP contribution in [0.5, 0.6) is 0 Å². The van der Waals surface area contributed by atoms with Gasteiger partial charge >= 0.3 is 5.69 Å². The smallest absolute Gasteiger partial charge is 0.333 e. The molecular formula is C29H26BrClN4O3. The Balaban J connectivity index is 1.57. The quantitative estimate of drug-likeness (QED) is 0.338. The molecule has 0 fully saturated rings. The molecule has 9 heteroatoms. The van der Waals surface area contributed by atoms with Gasteiger partial charge in [0, 0.05) is 23.1 Å². The number of imidazole rings is 1. The maximum atomic E-state index is 13.9. The van der Waals surface area contributed by atoms with Crippen molar-refractivity contribution >= 4 is 39.3 Å². The van der Waals surface area contributed by atoms with E-state index in [4.69, 9.17) is 11.6 Å². The average Bonchev–Trinajstić information content (AvgIpc) is 3.22. The number of rotatable bonds is 5. The van der Waals surface area contributed by atoms with Gasteiger partial charge in [-0.3, -0.25) is 18.7 Å². The minimum absolute atomic E-state index is 0.107. The summed E-state index contributed by atoms with van der Waals surface area (Å²) in [6.07, 6.45) is 0.